The van der Waals surface area contributed by atoms with Gasteiger partial charge in [-0.15, -0.1) is 0 Å². The van der Waals surface area contributed by atoms with E-state index in [1.165, 1.54) is 12.1 Å². The lowest BCUT2D eigenvalue weighted by atomic mass is 10.1. The van der Waals surface area contributed by atoms with Crippen LogP contribution in [0.15, 0.2) is 76.3 Å². The normalized spacial score (nSPS) is 12.5. The van der Waals surface area contributed by atoms with Gasteiger partial charge in [0.1, 0.15) is 0 Å². The van der Waals surface area contributed by atoms with E-state index in [9.17, 15) is 13.2 Å². The summed E-state index contributed by atoms with van der Waals surface area (Å²) in [6.45, 7) is 0.477. The average Bonchev–Trinajstić information content (AvgIpc) is 3.23. The number of carbonyl (C=O) groups is 1. The van der Waals surface area contributed by atoms with E-state index in [1.807, 2.05) is 19.5 Å². The molecule has 3 rings (SSSR count). The molecule has 0 saturated heterocycles. The molecule has 3 aromatic rings. The van der Waals surface area contributed by atoms with Gasteiger partial charge in [0, 0.05) is 17.8 Å². The molecule has 0 radical (unpaired) electrons. The summed E-state index contributed by atoms with van der Waals surface area (Å²) in [4.78, 5) is 14.7. The molecule has 1 amide bonds. The van der Waals surface area contributed by atoms with Crippen LogP contribution in [0, 0.1) is 0 Å². The molecule has 29 heavy (non-hydrogen) atoms. The second-order valence-electron chi connectivity index (χ2n) is 6.74. The van der Waals surface area contributed by atoms with Crippen molar-refractivity contribution in [2.75, 3.05) is 25.4 Å². The van der Waals surface area contributed by atoms with Gasteiger partial charge in [0.2, 0.25) is 0 Å². The summed E-state index contributed by atoms with van der Waals surface area (Å²) in [5.41, 5.74) is 2.02. The monoisotopic (exact) mass is 429 g/mol. The molecule has 2 aromatic carbocycles. The minimum absolute atomic E-state index is 0.0853. The maximum atomic E-state index is 12.5. The van der Waals surface area contributed by atoms with E-state index in [-0.39, 0.29) is 16.8 Å². The zero-order valence-corrected chi connectivity index (χ0v) is 17.8. The maximum Gasteiger partial charge on any atom is 0.261 e. The van der Waals surface area contributed by atoms with Crippen molar-refractivity contribution in [3.63, 3.8) is 0 Å². The van der Waals surface area contributed by atoms with Gasteiger partial charge in [0.05, 0.1) is 10.9 Å². The number of rotatable bonds is 8. The van der Waals surface area contributed by atoms with E-state index in [1.54, 1.807) is 53.8 Å². The lowest BCUT2D eigenvalue weighted by Crippen LogP contribution is -2.34. The van der Waals surface area contributed by atoms with E-state index in [0.29, 0.717) is 17.8 Å². The van der Waals surface area contributed by atoms with Crippen LogP contribution >= 0.6 is 11.3 Å². The van der Waals surface area contributed by atoms with Crippen molar-refractivity contribution in [3.05, 3.63) is 82.6 Å². The van der Waals surface area contributed by atoms with Crippen LogP contribution in [0.25, 0.3) is 0 Å². The molecular weight excluding hydrogens is 406 g/mol. The van der Waals surface area contributed by atoms with E-state index in [0.717, 1.165) is 5.56 Å². The van der Waals surface area contributed by atoms with Gasteiger partial charge in [-0.3, -0.25) is 9.52 Å². The minimum atomic E-state index is -3.66. The third kappa shape index (κ3) is 5.44. The minimum Gasteiger partial charge on any atom is -0.350 e. The van der Waals surface area contributed by atoms with Gasteiger partial charge in [-0.2, -0.15) is 11.3 Å². The van der Waals surface area contributed by atoms with E-state index >= 15 is 0 Å². The van der Waals surface area contributed by atoms with Gasteiger partial charge in [-0.25, -0.2) is 8.42 Å². The van der Waals surface area contributed by atoms with Crippen LogP contribution in [-0.2, 0) is 10.0 Å². The molecule has 0 aliphatic carbocycles. The Morgan fingerprint density at radius 2 is 1.72 bits per heavy atom. The second-order valence-corrected chi connectivity index (χ2v) is 9.20. The third-order valence-electron chi connectivity index (χ3n) is 4.46. The van der Waals surface area contributed by atoms with Crippen LogP contribution in [0.2, 0.25) is 0 Å². The molecule has 0 bridgehead atoms. The van der Waals surface area contributed by atoms with Crippen LogP contribution in [0.5, 0.6) is 0 Å². The summed E-state index contributed by atoms with van der Waals surface area (Å²) in [6, 6.07) is 16.6. The van der Waals surface area contributed by atoms with Crippen molar-refractivity contribution in [1.29, 1.82) is 0 Å². The van der Waals surface area contributed by atoms with Crippen LogP contribution in [0.3, 0.4) is 0 Å². The molecule has 0 aliphatic heterocycles. The fourth-order valence-electron chi connectivity index (χ4n) is 2.86. The van der Waals surface area contributed by atoms with Crippen molar-refractivity contribution < 1.29 is 13.2 Å². The number of sulfonamides is 1. The van der Waals surface area contributed by atoms with Gasteiger partial charge in [0.25, 0.3) is 15.9 Å². The molecule has 152 valence electrons. The summed E-state index contributed by atoms with van der Waals surface area (Å²) in [5, 5.41) is 7.04. The Bertz CT molecular complexity index is 1030. The van der Waals surface area contributed by atoms with Gasteiger partial charge >= 0.3 is 0 Å². The van der Waals surface area contributed by atoms with Crippen LogP contribution in [-0.4, -0.2) is 39.9 Å². The number of hydrogen-bond acceptors (Lipinski definition) is 5. The van der Waals surface area contributed by atoms with Crippen LogP contribution in [0.1, 0.15) is 22.0 Å². The number of nitrogens with zero attached hydrogens (tertiary/aromatic N) is 1. The maximum absolute atomic E-state index is 12.5. The lowest BCUT2D eigenvalue weighted by molar-refractivity contribution is 0.0942. The highest BCUT2D eigenvalue weighted by atomic mass is 32.2. The SMILES string of the molecule is CN(C)C(CNC(=O)c1ccc(NS(=O)(=O)c2ccccc2)cc1)c1ccsc1. The molecule has 0 spiro atoms. The van der Waals surface area contributed by atoms with Crippen molar-refractivity contribution in [2.45, 2.75) is 10.9 Å². The topological polar surface area (TPSA) is 78.5 Å². The Hall–Kier alpha value is -2.68. The van der Waals surface area contributed by atoms with Crippen molar-refractivity contribution in [3.8, 4) is 0 Å². The molecule has 6 nitrogen and oxygen atoms in total. The second kappa shape index (κ2) is 9.21. The van der Waals surface area contributed by atoms with Crippen LogP contribution in [0.4, 0.5) is 5.69 Å². The number of amides is 1. The summed E-state index contributed by atoms with van der Waals surface area (Å²) in [6.07, 6.45) is 0. The fraction of sp³-hybridized carbons (Fsp3) is 0.190. The molecule has 0 saturated carbocycles. The van der Waals surface area contributed by atoms with Gasteiger partial charge in [-0.05, 0) is 72.9 Å². The lowest BCUT2D eigenvalue weighted by Gasteiger charge is -2.24. The first kappa shape index (κ1) is 21.0. The Balaban J connectivity index is 1.63. The first-order valence-electron chi connectivity index (χ1n) is 9.01. The standard InChI is InChI=1S/C21H23N3O3S2/c1-24(2)20(17-12-13-28-15-17)14-22-21(25)16-8-10-18(11-9-16)23-29(26,27)19-6-4-3-5-7-19/h3-13,15,20,23H,14H2,1-2H3,(H,22,25). The number of hydrogen-bond donors (Lipinski definition) is 2. The third-order valence-corrected chi connectivity index (χ3v) is 6.56. The zero-order chi connectivity index (χ0) is 20.9. The predicted octanol–water partition coefficient (Wildman–Crippen LogP) is 3.58. The Kier molecular flexibility index (Phi) is 6.68. The summed E-state index contributed by atoms with van der Waals surface area (Å²) < 4.78 is 27.3. The van der Waals surface area contributed by atoms with Gasteiger partial charge in [-0.1, -0.05) is 18.2 Å². The quantitative estimate of drug-likeness (QED) is 0.574. The van der Waals surface area contributed by atoms with Crippen molar-refractivity contribution in [2.24, 2.45) is 0 Å². The number of anilines is 1. The molecule has 1 unspecified atom stereocenters. The summed E-state index contributed by atoms with van der Waals surface area (Å²) in [7, 11) is 0.291. The number of benzene rings is 2. The van der Waals surface area contributed by atoms with Gasteiger partial charge in [0.15, 0.2) is 0 Å². The average molecular weight is 430 g/mol. The Morgan fingerprint density at radius 1 is 1.03 bits per heavy atom. The molecule has 1 atom stereocenters. The molecule has 1 heterocycles. The molecule has 1 aromatic heterocycles. The fourth-order valence-corrected chi connectivity index (χ4v) is 4.64. The highest BCUT2D eigenvalue weighted by Crippen LogP contribution is 2.20. The van der Waals surface area contributed by atoms with Crippen molar-refractivity contribution in [1.82, 2.24) is 10.2 Å². The highest BCUT2D eigenvalue weighted by Gasteiger charge is 2.17. The largest absolute Gasteiger partial charge is 0.350 e. The number of thiophene rings is 1. The Labute approximate surface area is 175 Å². The molecule has 2 N–H and O–H groups in total. The molecule has 8 heteroatoms. The number of nitrogens with one attached hydrogen (secondary N) is 2. The van der Waals surface area contributed by atoms with E-state index in [2.05, 4.69) is 26.4 Å². The summed E-state index contributed by atoms with van der Waals surface area (Å²) in [5.74, 6) is -0.204. The molecule has 0 aliphatic rings. The summed E-state index contributed by atoms with van der Waals surface area (Å²) >= 11 is 1.62. The first-order chi connectivity index (χ1) is 13.9. The zero-order valence-electron chi connectivity index (χ0n) is 16.2. The molecule has 0 fully saturated rings. The predicted molar refractivity (Wildman–Crippen MR) is 117 cm³/mol. The highest BCUT2D eigenvalue weighted by molar-refractivity contribution is 7.92. The Morgan fingerprint density at radius 3 is 2.31 bits per heavy atom. The van der Waals surface area contributed by atoms with Crippen molar-refractivity contribution >= 4 is 33.0 Å². The van der Waals surface area contributed by atoms with E-state index < -0.39 is 10.0 Å². The molecular formula is C21H23N3O3S2. The number of carbonyl (C=O) groups excluding carboxylic acids is 1. The first-order valence-corrected chi connectivity index (χ1v) is 11.4. The number of likely N-dealkylation sites (N-methyl/N-ethyl adjacent to an activating group) is 1. The van der Waals surface area contributed by atoms with Crippen LogP contribution < -0.4 is 10.0 Å². The van der Waals surface area contributed by atoms with E-state index in [4.69, 9.17) is 0 Å². The smallest absolute Gasteiger partial charge is 0.261 e. The van der Waals surface area contributed by atoms with Gasteiger partial charge < -0.3 is 10.2 Å².